The van der Waals surface area contributed by atoms with E-state index in [9.17, 15) is 9.59 Å². The summed E-state index contributed by atoms with van der Waals surface area (Å²) >= 11 is 0. The largest absolute Gasteiger partial charge is 0.489 e. The Kier molecular flexibility index (Phi) is 7.45. The summed E-state index contributed by atoms with van der Waals surface area (Å²) in [6.07, 6.45) is 3.84. The molecule has 3 aromatic rings. The molecule has 1 aliphatic rings. The number of aromatic nitrogens is 2. The van der Waals surface area contributed by atoms with Gasteiger partial charge in [-0.15, -0.1) is 0 Å². The van der Waals surface area contributed by atoms with Crippen LogP contribution in [-0.2, 0) is 16.6 Å². The molecule has 0 spiro atoms. The summed E-state index contributed by atoms with van der Waals surface area (Å²) in [6, 6.07) is 12.2. The first-order valence-electron chi connectivity index (χ1n) is 11.8. The van der Waals surface area contributed by atoms with E-state index in [1.54, 1.807) is 48.7 Å². The summed E-state index contributed by atoms with van der Waals surface area (Å²) in [5, 5.41) is 12.8. The van der Waals surface area contributed by atoms with Crippen LogP contribution in [0.1, 0.15) is 55.4 Å². The maximum absolute atomic E-state index is 12.6. The van der Waals surface area contributed by atoms with Gasteiger partial charge in [-0.25, -0.2) is 4.98 Å². The summed E-state index contributed by atoms with van der Waals surface area (Å²) in [4.78, 5) is 29.1. The molecule has 0 bridgehead atoms. The van der Waals surface area contributed by atoms with E-state index in [-0.39, 0.29) is 29.8 Å². The number of carbonyl (C=O) groups is 2. The van der Waals surface area contributed by atoms with Crippen molar-refractivity contribution in [3.05, 3.63) is 65.7 Å². The zero-order chi connectivity index (χ0) is 24.8. The molecule has 9 heteroatoms. The fourth-order valence-corrected chi connectivity index (χ4v) is 3.65. The summed E-state index contributed by atoms with van der Waals surface area (Å²) in [5.41, 5.74) is 1.53. The number of pyridine rings is 1. The minimum atomic E-state index is -0.315. The van der Waals surface area contributed by atoms with Crippen LogP contribution < -0.4 is 20.7 Å². The van der Waals surface area contributed by atoms with Crippen molar-refractivity contribution in [2.45, 2.75) is 51.6 Å². The van der Waals surface area contributed by atoms with Crippen molar-refractivity contribution in [2.24, 2.45) is 0 Å². The Hall–Kier alpha value is -3.72. The van der Waals surface area contributed by atoms with Gasteiger partial charge in [0.25, 0.3) is 5.91 Å². The standard InChI is InChI=1S/C26H31N5O4/c1-26(2,3)22-15-23(31-35-22)30-24(32)14-17-4-6-18(7-5-17)29-25(33)21-9-8-20(16-28-21)34-19-10-12-27-13-11-19/h4-9,15-16,19,27H,10-14H2,1-3H3,(H,29,33)(H,30,31,32). The zero-order valence-electron chi connectivity index (χ0n) is 20.3. The quantitative estimate of drug-likeness (QED) is 0.472. The van der Waals surface area contributed by atoms with Crippen molar-refractivity contribution >= 4 is 23.3 Å². The fraction of sp³-hybridized carbons (Fsp3) is 0.385. The Labute approximate surface area is 204 Å². The van der Waals surface area contributed by atoms with Crippen LogP contribution in [0.5, 0.6) is 5.75 Å². The highest BCUT2D eigenvalue weighted by atomic mass is 16.5. The van der Waals surface area contributed by atoms with Gasteiger partial charge in [-0.05, 0) is 55.8 Å². The molecule has 1 saturated heterocycles. The Morgan fingerprint density at radius 2 is 1.83 bits per heavy atom. The number of anilines is 2. The summed E-state index contributed by atoms with van der Waals surface area (Å²) in [7, 11) is 0. The average molecular weight is 478 g/mol. The van der Waals surface area contributed by atoms with E-state index in [0.717, 1.165) is 31.5 Å². The number of rotatable bonds is 7. The molecule has 0 saturated carbocycles. The molecule has 4 rings (SSSR count). The Morgan fingerprint density at radius 1 is 1.09 bits per heavy atom. The molecule has 9 nitrogen and oxygen atoms in total. The number of hydrogen-bond donors (Lipinski definition) is 3. The van der Waals surface area contributed by atoms with Crippen LogP contribution in [0.2, 0.25) is 0 Å². The van der Waals surface area contributed by atoms with Crippen LogP contribution >= 0.6 is 0 Å². The van der Waals surface area contributed by atoms with Gasteiger partial charge < -0.3 is 25.2 Å². The van der Waals surface area contributed by atoms with Crippen molar-refractivity contribution in [3.63, 3.8) is 0 Å². The number of amides is 2. The average Bonchev–Trinajstić information content (AvgIpc) is 3.30. The molecule has 0 aliphatic carbocycles. The van der Waals surface area contributed by atoms with Crippen LogP contribution in [0.25, 0.3) is 0 Å². The monoisotopic (exact) mass is 477 g/mol. The first-order chi connectivity index (χ1) is 16.8. The van der Waals surface area contributed by atoms with Gasteiger partial charge in [-0.2, -0.15) is 0 Å². The van der Waals surface area contributed by atoms with Gasteiger partial charge in [0.05, 0.1) is 12.6 Å². The number of nitrogens with one attached hydrogen (secondary N) is 3. The van der Waals surface area contributed by atoms with Crippen LogP contribution in [0.15, 0.2) is 53.2 Å². The molecule has 1 aliphatic heterocycles. The van der Waals surface area contributed by atoms with Gasteiger partial charge in [-0.1, -0.05) is 38.1 Å². The van der Waals surface area contributed by atoms with Gasteiger partial charge in [0, 0.05) is 17.2 Å². The predicted octanol–water partition coefficient (Wildman–Crippen LogP) is 3.93. The van der Waals surface area contributed by atoms with Crippen molar-refractivity contribution in [3.8, 4) is 5.75 Å². The maximum Gasteiger partial charge on any atom is 0.274 e. The third kappa shape index (κ3) is 6.89. The number of hydrogen-bond acceptors (Lipinski definition) is 7. The molecule has 2 aromatic heterocycles. The second-order valence-electron chi connectivity index (χ2n) is 9.65. The summed E-state index contributed by atoms with van der Waals surface area (Å²) in [5.74, 6) is 1.24. The number of ether oxygens (including phenoxy) is 1. The first kappa shape index (κ1) is 24.4. The number of nitrogens with zero attached hydrogens (tertiary/aromatic N) is 2. The Morgan fingerprint density at radius 3 is 2.46 bits per heavy atom. The molecule has 0 radical (unpaired) electrons. The van der Waals surface area contributed by atoms with E-state index in [4.69, 9.17) is 9.26 Å². The van der Waals surface area contributed by atoms with E-state index < -0.39 is 0 Å². The topological polar surface area (TPSA) is 118 Å². The van der Waals surface area contributed by atoms with Gasteiger partial charge in [0.1, 0.15) is 23.3 Å². The lowest BCUT2D eigenvalue weighted by molar-refractivity contribution is -0.115. The minimum Gasteiger partial charge on any atom is -0.489 e. The smallest absolute Gasteiger partial charge is 0.274 e. The van der Waals surface area contributed by atoms with Gasteiger partial charge in [0.15, 0.2) is 5.82 Å². The molecule has 0 atom stereocenters. The van der Waals surface area contributed by atoms with E-state index in [2.05, 4.69) is 26.1 Å². The molecule has 184 valence electrons. The van der Waals surface area contributed by atoms with Crippen molar-refractivity contribution in [2.75, 3.05) is 23.7 Å². The van der Waals surface area contributed by atoms with Crippen molar-refractivity contribution < 1.29 is 18.8 Å². The highest BCUT2D eigenvalue weighted by molar-refractivity contribution is 6.02. The van der Waals surface area contributed by atoms with E-state index in [1.165, 1.54) is 0 Å². The van der Waals surface area contributed by atoms with Crippen LogP contribution in [0.4, 0.5) is 11.5 Å². The van der Waals surface area contributed by atoms with Gasteiger partial charge in [-0.3, -0.25) is 9.59 Å². The van der Waals surface area contributed by atoms with E-state index >= 15 is 0 Å². The lowest BCUT2D eigenvalue weighted by atomic mass is 9.93. The fourth-order valence-electron chi connectivity index (χ4n) is 3.65. The second-order valence-corrected chi connectivity index (χ2v) is 9.65. The third-order valence-corrected chi connectivity index (χ3v) is 5.65. The first-order valence-corrected chi connectivity index (χ1v) is 11.8. The third-order valence-electron chi connectivity index (χ3n) is 5.65. The normalized spacial score (nSPS) is 14.4. The predicted molar refractivity (Wildman–Crippen MR) is 133 cm³/mol. The number of carbonyl (C=O) groups excluding carboxylic acids is 2. The Balaban J connectivity index is 1.27. The van der Waals surface area contributed by atoms with Gasteiger partial charge >= 0.3 is 0 Å². The highest BCUT2D eigenvalue weighted by Gasteiger charge is 2.20. The molecule has 3 heterocycles. The highest BCUT2D eigenvalue weighted by Crippen LogP contribution is 2.24. The van der Waals surface area contributed by atoms with Crippen molar-refractivity contribution in [1.29, 1.82) is 0 Å². The summed E-state index contributed by atoms with van der Waals surface area (Å²) in [6.45, 7) is 7.92. The molecule has 1 fully saturated rings. The molecule has 1 aromatic carbocycles. The molecule has 35 heavy (non-hydrogen) atoms. The minimum absolute atomic E-state index is 0.173. The number of benzene rings is 1. The maximum atomic E-state index is 12.6. The molecule has 2 amide bonds. The second kappa shape index (κ2) is 10.7. The molecule has 0 unspecified atom stereocenters. The van der Waals surface area contributed by atoms with Crippen molar-refractivity contribution in [1.82, 2.24) is 15.5 Å². The zero-order valence-corrected chi connectivity index (χ0v) is 20.3. The van der Waals surface area contributed by atoms with Crippen LogP contribution in [0.3, 0.4) is 0 Å². The van der Waals surface area contributed by atoms with E-state index in [0.29, 0.717) is 28.7 Å². The molecular formula is C26H31N5O4. The van der Waals surface area contributed by atoms with Crippen LogP contribution in [-0.4, -0.2) is 41.1 Å². The SMILES string of the molecule is CC(C)(C)c1cc(NC(=O)Cc2ccc(NC(=O)c3ccc(OC4CCNCC4)cn3)cc2)no1. The molecule has 3 N–H and O–H groups in total. The van der Waals surface area contributed by atoms with Gasteiger partial charge in [0.2, 0.25) is 5.91 Å². The molecular weight excluding hydrogens is 446 g/mol. The summed E-state index contributed by atoms with van der Waals surface area (Å²) < 4.78 is 11.2. The Bertz CT molecular complexity index is 1140. The van der Waals surface area contributed by atoms with E-state index in [1.807, 2.05) is 20.8 Å². The lowest BCUT2D eigenvalue weighted by Crippen LogP contribution is -2.34. The number of piperidine rings is 1. The van der Waals surface area contributed by atoms with Crippen LogP contribution in [0, 0.1) is 0 Å². The lowest BCUT2D eigenvalue weighted by Gasteiger charge is -2.23.